The van der Waals surface area contributed by atoms with Crippen molar-refractivity contribution in [2.24, 2.45) is 22.2 Å². The van der Waals surface area contributed by atoms with Gasteiger partial charge in [0.05, 0.1) is 0 Å². The molecule has 0 aromatic heterocycles. The van der Waals surface area contributed by atoms with Crippen molar-refractivity contribution in [2.45, 2.75) is 173 Å². The first-order chi connectivity index (χ1) is 22.8. The second-order valence-corrected chi connectivity index (χ2v) is 12.3. The number of amides is 3. The smallest absolute Gasteiger partial charge is 0.475 e. The Morgan fingerprint density at radius 1 is 0.646 bits per heavy atom. The summed E-state index contributed by atoms with van der Waals surface area (Å²) < 4.78 is 31.7. The minimum atomic E-state index is -5.08. The van der Waals surface area contributed by atoms with Gasteiger partial charge in [0.2, 0.25) is 17.7 Å². The lowest BCUT2D eigenvalue weighted by atomic mass is 10.0. The maximum atomic E-state index is 12.1. The lowest BCUT2D eigenvalue weighted by Crippen LogP contribution is -2.44. The molecule has 1 atom stereocenters. The Bertz CT molecular complexity index is 871. The number of nitrogens with two attached hydrogens (primary N) is 3. The molecule has 0 radical (unpaired) electrons. The number of guanidine groups is 1. The molecule has 0 saturated heterocycles. The average molecular weight is 695 g/mol. The number of halogens is 3. The normalized spacial score (nSPS) is 11.6. The van der Waals surface area contributed by atoms with Gasteiger partial charge in [0.15, 0.2) is 5.96 Å². The Kier molecular flexibility index (Phi) is 31.8. The molecule has 3 amide bonds. The number of hydrogen-bond acceptors (Lipinski definition) is 5. The molecule has 0 unspecified atom stereocenters. The van der Waals surface area contributed by atoms with Crippen LogP contribution in [0.25, 0.3) is 0 Å². The molecule has 14 heteroatoms. The van der Waals surface area contributed by atoms with Gasteiger partial charge in [0.1, 0.15) is 6.04 Å². The Morgan fingerprint density at radius 2 is 1.04 bits per heavy atom. The van der Waals surface area contributed by atoms with Crippen LogP contribution < -0.4 is 27.8 Å². The van der Waals surface area contributed by atoms with Crippen LogP contribution in [-0.2, 0) is 19.2 Å². The summed E-state index contributed by atoms with van der Waals surface area (Å²) in [5.41, 5.74) is 15.9. The van der Waals surface area contributed by atoms with Crippen molar-refractivity contribution in [3.05, 3.63) is 0 Å². The van der Waals surface area contributed by atoms with Gasteiger partial charge in [-0.3, -0.25) is 19.4 Å². The zero-order valence-corrected chi connectivity index (χ0v) is 29.4. The number of alkyl halides is 3. The third kappa shape index (κ3) is 35.8. The number of aliphatic carboxylic acids is 1. The van der Waals surface area contributed by atoms with Crippen LogP contribution in [0.2, 0.25) is 0 Å². The van der Waals surface area contributed by atoms with Gasteiger partial charge in [-0.1, -0.05) is 116 Å². The fourth-order valence-corrected chi connectivity index (χ4v) is 4.97. The van der Waals surface area contributed by atoms with Gasteiger partial charge >= 0.3 is 12.1 Å². The van der Waals surface area contributed by atoms with E-state index < -0.39 is 24.1 Å². The van der Waals surface area contributed by atoms with Crippen LogP contribution in [0.15, 0.2) is 4.99 Å². The van der Waals surface area contributed by atoms with Gasteiger partial charge in [0, 0.05) is 25.9 Å². The van der Waals surface area contributed by atoms with E-state index in [1.54, 1.807) is 0 Å². The van der Waals surface area contributed by atoms with Crippen molar-refractivity contribution in [1.29, 1.82) is 0 Å². The van der Waals surface area contributed by atoms with Crippen molar-refractivity contribution in [3.8, 4) is 0 Å². The highest BCUT2D eigenvalue weighted by Gasteiger charge is 2.38. The van der Waals surface area contributed by atoms with Crippen LogP contribution in [0, 0.1) is 0 Å². The van der Waals surface area contributed by atoms with Gasteiger partial charge in [-0.15, -0.1) is 0 Å². The zero-order valence-electron chi connectivity index (χ0n) is 29.4. The summed E-state index contributed by atoms with van der Waals surface area (Å²) in [6, 6.07) is -0.717. The molecule has 0 fully saturated rings. The van der Waals surface area contributed by atoms with Crippen LogP contribution in [0.1, 0.15) is 161 Å². The van der Waals surface area contributed by atoms with E-state index in [1.165, 1.54) is 96.3 Å². The van der Waals surface area contributed by atoms with Gasteiger partial charge < -0.3 is 32.9 Å². The number of rotatable bonds is 30. The van der Waals surface area contributed by atoms with Crippen LogP contribution in [0.3, 0.4) is 0 Å². The summed E-state index contributed by atoms with van der Waals surface area (Å²) in [5, 5.41) is 12.8. The summed E-state index contributed by atoms with van der Waals surface area (Å²) >= 11 is 0. The van der Waals surface area contributed by atoms with E-state index in [9.17, 15) is 27.6 Å². The van der Waals surface area contributed by atoms with Gasteiger partial charge in [-0.25, -0.2) is 4.79 Å². The molecule has 48 heavy (non-hydrogen) atoms. The van der Waals surface area contributed by atoms with Crippen molar-refractivity contribution in [1.82, 2.24) is 10.6 Å². The molecule has 0 aliphatic carbocycles. The minimum Gasteiger partial charge on any atom is -0.475 e. The largest absolute Gasteiger partial charge is 0.490 e. The Balaban J connectivity index is 0. The molecule has 0 spiro atoms. The number of carboxylic acids is 1. The van der Waals surface area contributed by atoms with E-state index in [0.717, 1.165) is 25.7 Å². The summed E-state index contributed by atoms with van der Waals surface area (Å²) in [6.07, 6.45) is 21.8. The van der Waals surface area contributed by atoms with E-state index in [-0.39, 0.29) is 17.8 Å². The Hall–Kier alpha value is -3.06. The molecular formula is C34H65F3N6O5. The molecule has 0 heterocycles. The van der Waals surface area contributed by atoms with Crippen LogP contribution >= 0.6 is 0 Å². The molecule has 0 aromatic carbocycles. The first-order valence-electron chi connectivity index (χ1n) is 18.0. The number of nitrogens with zero attached hydrogens (tertiary/aromatic N) is 1. The number of unbranched alkanes of at least 4 members (excludes halogenated alkanes) is 18. The van der Waals surface area contributed by atoms with Crippen LogP contribution in [0.4, 0.5) is 13.2 Å². The van der Waals surface area contributed by atoms with Crippen molar-refractivity contribution in [3.63, 3.8) is 0 Å². The quantitative estimate of drug-likeness (QED) is 0.0285. The Labute approximate surface area is 286 Å². The average Bonchev–Trinajstić information content (AvgIpc) is 3.01. The van der Waals surface area contributed by atoms with E-state index in [0.29, 0.717) is 45.2 Å². The highest BCUT2D eigenvalue weighted by molar-refractivity contribution is 5.86. The lowest BCUT2D eigenvalue weighted by Gasteiger charge is -2.15. The zero-order chi connectivity index (χ0) is 36.5. The summed E-state index contributed by atoms with van der Waals surface area (Å²) in [5.74, 6) is -3.40. The standard InChI is InChI=1S/C32H64N6O3.C2HF3O2/c1-2-3-4-5-6-7-8-9-10-11-12-13-14-15-16-17-19-24-29(39)36-26-21-18-20-25-30(40)38-28(31(33)41)23-22-27-37-32(34)35;3-2(4,5)1(6)7/h28H,2-27H2,1H3,(H2,33,41)(H,36,39)(H,38,40)(H4,34,35,37);(H,6,7)/t28-;/m0./s1. The molecule has 0 aromatic rings. The predicted octanol–water partition coefficient (Wildman–Crippen LogP) is 6.36. The Morgan fingerprint density at radius 3 is 1.44 bits per heavy atom. The molecule has 0 aliphatic heterocycles. The summed E-state index contributed by atoms with van der Waals surface area (Å²) in [7, 11) is 0. The number of nitrogens with one attached hydrogen (secondary N) is 2. The number of primary amides is 1. The monoisotopic (exact) mass is 694 g/mol. The number of carboxylic acid groups (broad SMARTS) is 1. The SMILES string of the molecule is CCCCCCCCCCCCCCCCCCCC(=O)NCCCCCC(=O)N[C@@H](CCCN=C(N)N)C(N)=O.O=C(O)C(F)(F)F. The fourth-order valence-electron chi connectivity index (χ4n) is 4.97. The lowest BCUT2D eigenvalue weighted by molar-refractivity contribution is -0.192. The topological polar surface area (TPSA) is 203 Å². The van der Waals surface area contributed by atoms with Crippen LogP contribution in [-0.4, -0.2) is 60.1 Å². The third-order valence-corrected chi connectivity index (χ3v) is 7.78. The summed E-state index contributed by atoms with van der Waals surface area (Å²) in [4.78, 5) is 48.5. The van der Waals surface area contributed by atoms with Gasteiger partial charge in [-0.05, 0) is 32.1 Å². The molecule has 0 rings (SSSR count). The summed E-state index contributed by atoms with van der Waals surface area (Å²) in [6.45, 7) is 3.29. The van der Waals surface area contributed by atoms with E-state index in [1.807, 2.05) is 0 Å². The molecule has 282 valence electrons. The highest BCUT2D eigenvalue weighted by atomic mass is 19.4. The minimum absolute atomic E-state index is 0.00347. The first kappa shape index (κ1) is 47.1. The van der Waals surface area contributed by atoms with Crippen molar-refractivity contribution in [2.75, 3.05) is 13.1 Å². The molecule has 9 N–H and O–H groups in total. The second kappa shape index (κ2) is 32.5. The van der Waals surface area contributed by atoms with E-state index >= 15 is 0 Å². The predicted molar refractivity (Wildman–Crippen MR) is 185 cm³/mol. The number of carbonyl (C=O) groups excluding carboxylic acids is 3. The van der Waals surface area contributed by atoms with Crippen LogP contribution in [0.5, 0.6) is 0 Å². The fraction of sp³-hybridized carbons (Fsp3) is 0.853. The molecule has 0 saturated carbocycles. The molecule has 0 bridgehead atoms. The maximum absolute atomic E-state index is 12.1. The molecule has 11 nitrogen and oxygen atoms in total. The van der Waals surface area contributed by atoms with Crippen molar-refractivity contribution < 1.29 is 37.5 Å². The highest BCUT2D eigenvalue weighted by Crippen LogP contribution is 2.15. The van der Waals surface area contributed by atoms with Gasteiger partial charge in [0.25, 0.3) is 0 Å². The number of carbonyl (C=O) groups is 4. The maximum Gasteiger partial charge on any atom is 0.490 e. The second-order valence-electron chi connectivity index (χ2n) is 12.3. The number of aliphatic imine (C=N–C) groups is 1. The number of hydrogen-bond donors (Lipinski definition) is 6. The van der Waals surface area contributed by atoms with Crippen molar-refractivity contribution >= 4 is 29.7 Å². The van der Waals surface area contributed by atoms with Gasteiger partial charge in [-0.2, -0.15) is 13.2 Å². The van der Waals surface area contributed by atoms with E-state index in [2.05, 4.69) is 22.5 Å². The molecular weight excluding hydrogens is 629 g/mol. The molecule has 0 aliphatic rings. The third-order valence-electron chi connectivity index (χ3n) is 7.78. The first-order valence-corrected chi connectivity index (χ1v) is 18.0. The van der Waals surface area contributed by atoms with E-state index in [4.69, 9.17) is 27.1 Å².